The van der Waals surface area contributed by atoms with Crippen molar-refractivity contribution in [3.05, 3.63) is 0 Å². The summed E-state index contributed by atoms with van der Waals surface area (Å²) >= 11 is 0. The van der Waals surface area contributed by atoms with Gasteiger partial charge in [-0.2, -0.15) is 0 Å². The first-order valence-electron chi connectivity index (χ1n) is 12.4. The number of hydrogen-bond donors (Lipinski definition) is 2. The highest BCUT2D eigenvalue weighted by Gasteiger charge is 2.47. The SMILES string of the molecule is CC1CCC(F)C2CC(C(=O)N[C@@H]3CCC[C@@H](N4CCN5C(=O)N(C)C[C@@H]5C4)C3)NC12. The van der Waals surface area contributed by atoms with Crippen molar-refractivity contribution in [2.45, 2.75) is 88.3 Å². The van der Waals surface area contributed by atoms with E-state index in [9.17, 15) is 14.0 Å². The Hall–Kier alpha value is -1.41. The molecule has 5 aliphatic rings. The molecule has 174 valence electrons. The van der Waals surface area contributed by atoms with E-state index in [0.717, 1.165) is 58.3 Å². The van der Waals surface area contributed by atoms with Gasteiger partial charge in [0.15, 0.2) is 0 Å². The third-order valence-electron chi connectivity index (χ3n) is 8.73. The molecule has 0 radical (unpaired) electrons. The zero-order valence-corrected chi connectivity index (χ0v) is 18.9. The van der Waals surface area contributed by atoms with E-state index in [1.165, 1.54) is 0 Å². The Bertz CT molecular complexity index is 689. The van der Waals surface area contributed by atoms with Crippen LogP contribution < -0.4 is 10.6 Å². The van der Waals surface area contributed by atoms with Crippen molar-refractivity contribution in [1.82, 2.24) is 25.3 Å². The van der Waals surface area contributed by atoms with E-state index in [4.69, 9.17) is 0 Å². The van der Waals surface area contributed by atoms with Crippen LogP contribution in [0.25, 0.3) is 0 Å². The average molecular weight is 436 g/mol. The maximum Gasteiger partial charge on any atom is 0.320 e. The molecule has 3 heterocycles. The van der Waals surface area contributed by atoms with Crippen molar-refractivity contribution in [2.24, 2.45) is 11.8 Å². The van der Waals surface area contributed by atoms with E-state index in [1.807, 2.05) is 16.8 Å². The van der Waals surface area contributed by atoms with E-state index in [-0.39, 0.29) is 36.0 Å². The first-order chi connectivity index (χ1) is 14.9. The number of fused-ring (bicyclic) bond motifs is 2. The Labute approximate surface area is 185 Å². The Kier molecular flexibility index (Phi) is 5.88. The molecule has 0 aromatic heterocycles. The third-order valence-corrected chi connectivity index (χ3v) is 8.73. The van der Waals surface area contributed by atoms with E-state index < -0.39 is 6.17 Å². The predicted molar refractivity (Wildman–Crippen MR) is 116 cm³/mol. The van der Waals surface area contributed by atoms with Crippen LogP contribution in [0.5, 0.6) is 0 Å². The van der Waals surface area contributed by atoms with Crippen LogP contribution in [0.15, 0.2) is 0 Å². The van der Waals surface area contributed by atoms with Crippen LogP contribution in [0.1, 0.15) is 51.9 Å². The fourth-order valence-electron chi connectivity index (χ4n) is 6.96. The maximum atomic E-state index is 14.4. The summed E-state index contributed by atoms with van der Waals surface area (Å²) in [5.74, 6) is 0.489. The van der Waals surface area contributed by atoms with E-state index >= 15 is 0 Å². The van der Waals surface area contributed by atoms with Gasteiger partial charge in [-0.1, -0.05) is 6.92 Å². The molecule has 5 rings (SSSR count). The molecule has 31 heavy (non-hydrogen) atoms. The third kappa shape index (κ3) is 4.06. The Morgan fingerprint density at radius 1 is 1.10 bits per heavy atom. The van der Waals surface area contributed by atoms with Crippen LogP contribution in [-0.4, -0.2) is 96.2 Å². The maximum absolute atomic E-state index is 14.4. The number of urea groups is 1. The molecule has 0 aromatic rings. The number of likely N-dealkylation sites (N-methyl/N-ethyl adjacent to an activating group) is 1. The molecule has 7 nitrogen and oxygen atoms in total. The van der Waals surface area contributed by atoms with Gasteiger partial charge in [-0.25, -0.2) is 9.18 Å². The minimum absolute atomic E-state index is 0.0119. The molecule has 0 aromatic carbocycles. The number of hydrogen-bond acceptors (Lipinski definition) is 4. The lowest BCUT2D eigenvalue weighted by Crippen LogP contribution is -2.57. The second kappa shape index (κ2) is 8.50. The van der Waals surface area contributed by atoms with Gasteiger partial charge in [-0.15, -0.1) is 0 Å². The first-order valence-corrected chi connectivity index (χ1v) is 12.4. The van der Waals surface area contributed by atoms with Crippen molar-refractivity contribution < 1.29 is 14.0 Å². The van der Waals surface area contributed by atoms with Gasteiger partial charge in [0.1, 0.15) is 6.17 Å². The monoisotopic (exact) mass is 435 g/mol. The Balaban J connectivity index is 1.14. The number of nitrogens with one attached hydrogen (secondary N) is 2. The lowest BCUT2D eigenvalue weighted by atomic mass is 9.77. The Morgan fingerprint density at radius 2 is 1.94 bits per heavy atom. The number of alkyl halides is 1. The molecule has 5 fully saturated rings. The average Bonchev–Trinajstić information content (AvgIpc) is 3.34. The van der Waals surface area contributed by atoms with Crippen molar-refractivity contribution in [3.63, 3.8) is 0 Å². The molecule has 2 aliphatic carbocycles. The minimum Gasteiger partial charge on any atom is -0.352 e. The van der Waals surface area contributed by atoms with Crippen LogP contribution in [0.4, 0.5) is 9.18 Å². The topological polar surface area (TPSA) is 67.9 Å². The van der Waals surface area contributed by atoms with E-state index in [1.54, 1.807) is 0 Å². The second-order valence-corrected chi connectivity index (χ2v) is 10.7. The summed E-state index contributed by atoms with van der Waals surface area (Å²) in [5, 5.41) is 6.77. The minimum atomic E-state index is -0.772. The van der Waals surface area contributed by atoms with Crippen LogP contribution in [0, 0.1) is 11.8 Å². The standard InChI is InChI=1S/C23H38FN5O2/c1-14-6-7-19(24)18-11-20(26-21(14)18)22(30)25-15-4-3-5-16(10-15)28-8-9-29-17(13-28)12-27(2)23(29)31/h14-21,26H,3-13H2,1-2H3,(H,25,30)/t14?,15-,16-,17-,18?,19?,20?,21?/m1/s1. The second-order valence-electron chi connectivity index (χ2n) is 10.7. The molecule has 3 aliphatic heterocycles. The van der Waals surface area contributed by atoms with Gasteiger partial charge in [0.2, 0.25) is 5.91 Å². The normalized spacial score (nSPS) is 43.6. The smallest absolute Gasteiger partial charge is 0.320 e. The van der Waals surface area contributed by atoms with E-state index in [0.29, 0.717) is 30.8 Å². The molecule has 0 bridgehead atoms. The number of rotatable bonds is 3. The highest BCUT2D eigenvalue weighted by atomic mass is 19.1. The number of nitrogens with zero attached hydrogens (tertiary/aromatic N) is 3. The largest absolute Gasteiger partial charge is 0.352 e. The lowest BCUT2D eigenvalue weighted by Gasteiger charge is -2.43. The summed E-state index contributed by atoms with van der Waals surface area (Å²) in [7, 11) is 1.89. The van der Waals surface area contributed by atoms with Crippen LogP contribution >= 0.6 is 0 Å². The zero-order chi connectivity index (χ0) is 21.7. The predicted octanol–water partition coefficient (Wildman–Crippen LogP) is 1.58. The molecule has 2 N–H and O–H groups in total. The van der Waals surface area contributed by atoms with Gasteiger partial charge in [0, 0.05) is 57.3 Å². The lowest BCUT2D eigenvalue weighted by molar-refractivity contribution is -0.124. The summed E-state index contributed by atoms with van der Waals surface area (Å²) in [6.45, 7) is 5.65. The molecular formula is C23H38FN5O2. The van der Waals surface area contributed by atoms with Gasteiger partial charge < -0.3 is 20.4 Å². The van der Waals surface area contributed by atoms with Gasteiger partial charge in [0.25, 0.3) is 0 Å². The zero-order valence-electron chi connectivity index (χ0n) is 18.9. The number of amides is 3. The molecule has 8 heteroatoms. The fourth-order valence-corrected chi connectivity index (χ4v) is 6.96. The Morgan fingerprint density at radius 3 is 2.74 bits per heavy atom. The highest BCUT2D eigenvalue weighted by molar-refractivity contribution is 5.82. The number of piperazine rings is 1. The quantitative estimate of drug-likeness (QED) is 0.706. The first kappa shape index (κ1) is 21.4. The van der Waals surface area contributed by atoms with Crippen LogP contribution in [0.3, 0.4) is 0 Å². The van der Waals surface area contributed by atoms with Crippen molar-refractivity contribution >= 4 is 11.9 Å². The van der Waals surface area contributed by atoms with Crippen molar-refractivity contribution in [2.75, 3.05) is 33.2 Å². The van der Waals surface area contributed by atoms with Gasteiger partial charge in [-0.05, 0) is 50.9 Å². The van der Waals surface area contributed by atoms with Crippen LogP contribution in [0.2, 0.25) is 0 Å². The number of carbonyl (C=O) groups excluding carboxylic acids is 2. The van der Waals surface area contributed by atoms with Crippen LogP contribution in [-0.2, 0) is 4.79 Å². The fraction of sp³-hybridized carbons (Fsp3) is 0.913. The van der Waals surface area contributed by atoms with E-state index in [2.05, 4.69) is 22.5 Å². The molecule has 3 amide bonds. The molecule has 0 spiro atoms. The molecule has 2 saturated carbocycles. The summed E-state index contributed by atoms with van der Waals surface area (Å²) < 4.78 is 14.4. The van der Waals surface area contributed by atoms with Gasteiger partial charge in [-0.3, -0.25) is 9.69 Å². The van der Waals surface area contributed by atoms with Crippen molar-refractivity contribution in [1.29, 1.82) is 0 Å². The van der Waals surface area contributed by atoms with Gasteiger partial charge >= 0.3 is 6.03 Å². The molecule has 5 unspecified atom stereocenters. The molecule has 3 saturated heterocycles. The van der Waals surface area contributed by atoms with Gasteiger partial charge in [0.05, 0.1) is 12.1 Å². The summed E-state index contributed by atoms with van der Waals surface area (Å²) in [6.07, 6.45) is 5.68. The highest BCUT2D eigenvalue weighted by Crippen LogP contribution is 2.38. The van der Waals surface area contributed by atoms with Crippen molar-refractivity contribution in [3.8, 4) is 0 Å². The summed E-state index contributed by atoms with van der Waals surface area (Å²) in [5.41, 5.74) is 0. The molecule has 8 atom stereocenters. The number of carbonyl (C=O) groups is 2. The number of halogens is 1. The molecular weight excluding hydrogens is 397 g/mol. The summed E-state index contributed by atoms with van der Waals surface area (Å²) in [4.78, 5) is 31.6. The summed E-state index contributed by atoms with van der Waals surface area (Å²) in [6, 6.07) is 1.01.